The van der Waals surface area contributed by atoms with Gasteiger partial charge in [-0.15, -0.1) is 0 Å². The van der Waals surface area contributed by atoms with Crippen LogP contribution in [-0.2, 0) is 6.42 Å². The third kappa shape index (κ3) is 3.31. The van der Waals surface area contributed by atoms with Crippen LogP contribution >= 0.6 is 23.2 Å². The molecule has 0 saturated carbocycles. The topological polar surface area (TPSA) is 73.1 Å². The van der Waals surface area contributed by atoms with Gasteiger partial charge in [0.15, 0.2) is 5.78 Å². The first-order chi connectivity index (χ1) is 9.47. The summed E-state index contributed by atoms with van der Waals surface area (Å²) in [7, 11) is 0. The SMILES string of the molecule is O=C(Cc1ccc(Cl)cn1)c1cc([N+](=O)[O-])ccc1Cl. The predicted octanol–water partition coefficient (Wildman–Crippen LogP) is 3.72. The van der Waals surface area contributed by atoms with Crippen LogP contribution in [0.2, 0.25) is 10.0 Å². The largest absolute Gasteiger partial charge is 0.294 e. The zero-order valence-electron chi connectivity index (χ0n) is 10.0. The maximum absolute atomic E-state index is 12.1. The Kier molecular flexibility index (Phi) is 4.32. The molecule has 0 amide bonds. The molecule has 0 bridgehead atoms. The van der Waals surface area contributed by atoms with E-state index in [0.717, 1.165) is 0 Å². The zero-order chi connectivity index (χ0) is 14.7. The Morgan fingerprint density at radius 1 is 1.25 bits per heavy atom. The normalized spacial score (nSPS) is 10.3. The molecule has 0 fully saturated rings. The summed E-state index contributed by atoms with van der Waals surface area (Å²) in [5.41, 5.74) is 0.446. The van der Waals surface area contributed by atoms with Gasteiger partial charge in [-0.05, 0) is 18.2 Å². The molecule has 1 heterocycles. The molecule has 0 atom stereocenters. The summed E-state index contributed by atoms with van der Waals surface area (Å²) < 4.78 is 0. The summed E-state index contributed by atoms with van der Waals surface area (Å²) in [6, 6.07) is 6.99. The molecule has 5 nitrogen and oxygen atoms in total. The number of non-ortho nitro benzene ring substituents is 1. The maximum atomic E-state index is 12.1. The van der Waals surface area contributed by atoms with Crippen LogP contribution in [0.15, 0.2) is 36.5 Å². The van der Waals surface area contributed by atoms with Gasteiger partial charge in [0.1, 0.15) is 0 Å². The second-order valence-corrected chi connectivity index (χ2v) is 4.83. The van der Waals surface area contributed by atoms with Gasteiger partial charge in [0, 0.05) is 29.6 Å². The third-order valence-electron chi connectivity index (χ3n) is 2.59. The first-order valence-corrected chi connectivity index (χ1v) is 6.30. The predicted molar refractivity (Wildman–Crippen MR) is 75.4 cm³/mol. The summed E-state index contributed by atoms with van der Waals surface area (Å²) in [4.78, 5) is 26.2. The number of nitrogens with zero attached hydrogens (tertiary/aromatic N) is 2. The number of aromatic nitrogens is 1. The molecular formula is C13H8Cl2N2O3. The molecule has 7 heteroatoms. The van der Waals surface area contributed by atoms with E-state index < -0.39 is 4.92 Å². The molecule has 20 heavy (non-hydrogen) atoms. The first-order valence-electron chi connectivity index (χ1n) is 5.55. The lowest BCUT2D eigenvalue weighted by molar-refractivity contribution is -0.384. The van der Waals surface area contributed by atoms with E-state index >= 15 is 0 Å². The van der Waals surface area contributed by atoms with E-state index in [1.807, 2.05) is 0 Å². The van der Waals surface area contributed by atoms with E-state index in [9.17, 15) is 14.9 Å². The Balaban J connectivity index is 2.26. The van der Waals surface area contributed by atoms with Crippen LogP contribution in [-0.4, -0.2) is 15.7 Å². The number of hydrogen-bond acceptors (Lipinski definition) is 4. The monoisotopic (exact) mass is 310 g/mol. The van der Waals surface area contributed by atoms with Crippen LogP contribution in [0, 0.1) is 10.1 Å². The number of ketones is 1. The number of nitro benzene ring substituents is 1. The second kappa shape index (κ2) is 5.98. The van der Waals surface area contributed by atoms with Crippen LogP contribution in [0.25, 0.3) is 0 Å². The average Bonchev–Trinajstić information content (AvgIpc) is 2.41. The lowest BCUT2D eigenvalue weighted by Crippen LogP contribution is -2.06. The molecule has 0 unspecified atom stereocenters. The highest BCUT2D eigenvalue weighted by molar-refractivity contribution is 6.34. The molecule has 0 aliphatic rings. The molecule has 0 saturated heterocycles. The highest BCUT2D eigenvalue weighted by Crippen LogP contribution is 2.23. The fraction of sp³-hybridized carbons (Fsp3) is 0.0769. The smallest absolute Gasteiger partial charge is 0.270 e. The van der Waals surface area contributed by atoms with Crippen molar-refractivity contribution in [1.82, 2.24) is 4.98 Å². The molecule has 2 rings (SSSR count). The molecule has 102 valence electrons. The number of pyridine rings is 1. The minimum Gasteiger partial charge on any atom is -0.294 e. The molecule has 0 spiro atoms. The number of rotatable bonds is 4. The van der Waals surface area contributed by atoms with Crippen LogP contribution < -0.4 is 0 Å². The summed E-state index contributed by atoms with van der Waals surface area (Å²) in [6.45, 7) is 0. The third-order valence-corrected chi connectivity index (χ3v) is 3.14. The Hall–Kier alpha value is -1.98. The summed E-state index contributed by atoms with van der Waals surface area (Å²) in [6.07, 6.45) is 1.43. The van der Waals surface area contributed by atoms with Crippen LogP contribution in [0.1, 0.15) is 16.1 Å². The van der Waals surface area contributed by atoms with Crippen LogP contribution in [0.3, 0.4) is 0 Å². The van der Waals surface area contributed by atoms with Gasteiger partial charge in [-0.1, -0.05) is 23.2 Å². The molecule has 2 aromatic rings. The van der Waals surface area contributed by atoms with Crippen molar-refractivity contribution < 1.29 is 9.72 Å². The highest BCUT2D eigenvalue weighted by atomic mass is 35.5. The maximum Gasteiger partial charge on any atom is 0.270 e. The van der Waals surface area contributed by atoms with Gasteiger partial charge in [-0.3, -0.25) is 19.9 Å². The van der Waals surface area contributed by atoms with Crippen molar-refractivity contribution in [2.24, 2.45) is 0 Å². The van der Waals surface area contributed by atoms with E-state index in [-0.39, 0.29) is 28.5 Å². The summed E-state index contributed by atoms with van der Waals surface area (Å²) in [5.74, 6) is -0.339. The van der Waals surface area contributed by atoms with Crippen molar-refractivity contribution in [3.8, 4) is 0 Å². The quantitative estimate of drug-likeness (QED) is 0.490. The summed E-state index contributed by atoms with van der Waals surface area (Å²) >= 11 is 11.6. The van der Waals surface area contributed by atoms with Gasteiger partial charge < -0.3 is 0 Å². The van der Waals surface area contributed by atoms with E-state index in [1.54, 1.807) is 12.1 Å². The molecule has 0 aliphatic heterocycles. The molecule has 0 radical (unpaired) electrons. The Labute approximate surface area is 124 Å². The second-order valence-electron chi connectivity index (χ2n) is 3.99. The number of carbonyl (C=O) groups excluding carboxylic acids is 1. The number of hydrogen-bond donors (Lipinski definition) is 0. The van der Waals surface area contributed by atoms with Gasteiger partial charge in [-0.25, -0.2) is 0 Å². The van der Waals surface area contributed by atoms with Crippen molar-refractivity contribution in [3.05, 3.63) is 67.9 Å². The van der Waals surface area contributed by atoms with Gasteiger partial charge in [0.05, 0.1) is 21.4 Å². The van der Waals surface area contributed by atoms with Crippen molar-refractivity contribution >= 4 is 34.7 Å². The number of carbonyl (C=O) groups is 1. The van der Waals surface area contributed by atoms with E-state index in [2.05, 4.69) is 4.98 Å². The molecule has 1 aromatic heterocycles. The van der Waals surface area contributed by atoms with Gasteiger partial charge in [-0.2, -0.15) is 0 Å². The number of Topliss-reactive ketones (excluding diaryl/α,β-unsaturated/α-hetero) is 1. The zero-order valence-corrected chi connectivity index (χ0v) is 11.6. The van der Waals surface area contributed by atoms with E-state index in [0.29, 0.717) is 10.7 Å². The van der Waals surface area contributed by atoms with Crippen LogP contribution in [0.5, 0.6) is 0 Å². The molecular weight excluding hydrogens is 303 g/mol. The summed E-state index contributed by atoms with van der Waals surface area (Å²) in [5, 5.41) is 11.3. The average molecular weight is 311 g/mol. The minimum absolute atomic E-state index is 0.00193. The first kappa shape index (κ1) is 14.4. The van der Waals surface area contributed by atoms with Gasteiger partial charge in [0.25, 0.3) is 5.69 Å². The van der Waals surface area contributed by atoms with Gasteiger partial charge in [0.2, 0.25) is 0 Å². The van der Waals surface area contributed by atoms with E-state index in [1.165, 1.54) is 24.4 Å². The van der Waals surface area contributed by atoms with Gasteiger partial charge >= 0.3 is 0 Å². The van der Waals surface area contributed by atoms with Crippen molar-refractivity contribution in [2.75, 3.05) is 0 Å². The molecule has 0 aliphatic carbocycles. The minimum atomic E-state index is -0.576. The Morgan fingerprint density at radius 2 is 2.00 bits per heavy atom. The molecule has 1 aromatic carbocycles. The van der Waals surface area contributed by atoms with E-state index in [4.69, 9.17) is 23.2 Å². The Bertz CT molecular complexity index is 672. The van der Waals surface area contributed by atoms with Crippen molar-refractivity contribution in [1.29, 1.82) is 0 Å². The van der Waals surface area contributed by atoms with Crippen molar-refractivity contribution in [2.45, 2.75) is 6.42 Å². The highest BCUT2D eigenvalue weighted by Gasteiger charge is 2.16. The fourth-order valence-electron chi connectivity index (χ4n) is 1.61. The lowest BCUT2D eigenvalue weighted by atomic mass is 10.1. The number of halogens is 2. The number of nitro groups is 1. The number of benzene rings is 1. The van der Waals surface area contributed by atoms with Crippen LogP contribution in [0.4, 0.5) is 5.69 Å². The fourth-order valence-corrected chi connectivity index (χ4v) is 1.95. The standard InChI is InChI=1S/C13H8Cl2N2O3/c14-8-1-2-9(16-7-8)5-13(18)11-6-10(17(19)20)3-4-12(11)15/h1-4,6-7H,5H2. The lowest BCUT2D eigenvalue weighted by Gasteiger charge is -2.03. The van der Waals surface area contributed by atoms with Crippen molar-refractivity contribution in [3.63, 3.8) is 0 Å². The Morgan fingerprint density at radius 3 is 2.60 bits per heavy atom. The molecule has 0 N–H and O–H groups in total.